The lowest BCUT2D eigenvalue weighted by molar-refractivity contribution is 0.0919. The van der Waals surface area contributed by atoms with Gasteiger partial charge in [-0.25, -0.2) is 0 Å². The van der Waals surface area contributed by atoms with Gasteiger partial charge in [-0.05, 0) is 12.1 Å². The highest BCUT2D eigenvalue weighted by atomic mass is 35.5. The number of rotatable bonds is 0. The number of nitrogens with zero attached hydrogens (tertiary/aromatic N) is 2. The molecule has 0 saturated carbocycles. The van der Waals surface area contributed by atoms with Gasteiger partial charge in [-0.1, -0.05) is 17.7 Å². The summed E-state index contributed by atoms with van der Waals surface area (Å²) in [6.07, 6.45) is 0. The number of halogens is 1. The molecule has 1 aromatic heterocycles. The fourth-order valence-corrected chi connectivity index (χ4v) is 1.92. The smallest absolute Gasteiger partial charge is 0.312 e. The largest absolute Gasteiger partial charge is 0.350 e. The molecule has 2 amide bonds. The molecule has 0 fully saturated rings. The number of azo groups is 1. The van der Waals surface area contributed by atoms with E-state index in [-0.39, 0.29) is 11.3 Å². The summed E-state index contributed by atoms with van der Waals surface area (Å²) < 4.78 is 0. The predicted molar refractivity (Wildman–Crippen MR) is 56.8 cm³/mol. The van der Waals surface area contributed by atoms with E-state index < -0.39 is 11.8 Å². The summed E-state index contributed by atoms with van der Waals surface area (Å²) in [5.74, 6) is -1.05. The Morgan fingerprint density at radius 1 is 1.12 bits per heavy atom. The van der Waals surface area contributed by atoms with Crippen molar-refractivity contribution in [2.24, 2.45) is 10.2 Å². The second-order valence-corrected chi connectivity index (χ2v) is 3.81. The highest BCUT2D eigenvalue weighted by molar-refractivity contribution is 6.31. The van der Waals surface area contributed by atoms with E-state index >= 15 is 0 Å². The first kappa shape index (κ1) is 9.23. The number of aromatic nitrogens is 1. The van der Waals surface area contributed by atoms with Crippen LogP contribution in [0, 0.1) is 0 Å². The molecule has 5 nitrogen and oxygen atoms in total. The number of hydrogen-bond donors (Lipinski definition) is 1. The fraction of sp³-hybridized carbons (Fsp3) is 0. The molecule has 0 unspecified atom stereocenters. The number of carbonyl (C=O) groups excluding carboxylic acids is 2. The van der Waals surface area contributed by atoms with Crippen molar-refractivity contribution in [3.63, 3.8) is 0 Å². The van der Waals surface area contributed by atoms with Crippen LogP contribution in [0.3, 0.4) is 0 Å². The van der Waals surface area contributed by atoms with Crippen molar-refractivity contribution in [3.05, 3.63) is 34.5 Å². The Kier molecular flexibility index (Phi) is 1.73. The zero-order chi connectivity index (χ0) is 11.3. The van der Waals surface area contributed by atoms with E-state index in [4.69, 9.17) is 11.6 Å². The van der Waals surface area contributed by atoms with Crippen LogP contribution in [0.4, 0.5) is 0 Å². The van der Waals surface area contributed by atoms with E-state index in [2.05, 4.69) is 15.2 Å². The van der Waals surface area contributed by atoms with Gasteiger partial charge in [0.1, 0.15) is 5.69 Å². The van der Waals surface area contributed by atoms with Gasteiger partial charge in [-0.3, -0.25) is 9.59 Å². The number of fused-ring (bicyclic) bond motifs is 3. The first-order valence-corrected chi connectivity index (χ1v) is 4.86. The van der Waals surface area contributed by atoms with Gasteiger partial charge in [0.25, 0.3) is 5.91 Å². The third-order valence-electron chi connectivity index (χ3n) is 2.42. The van der Waals surface area contributed by atoms with E-state index in [0.717, 1.165) is 0 Å². The van der Waals surface area contributed by atoms with Gasteiger partial charge in [0.2, 0.25) is 0 Å². The molecule has 1 aliphatic heterocycles. The molecule has 6 heteroatoms. The normalized spacial score (nSPS) is 14.6. The molecule has 3 rings (SSSR count). The van der Waals surface area contributed by atoms with Crippen LogP contribution >= 0.6 is 11.6 Å². The molecule has 0 atom stereocenters. The summed E-state index contributed by atoms with van der Waals surface area (Å²) in [6, 6.07) is 4.98. The van der Waals surface area contributed by atoms with Crippen LogP contribution in [0.2, 0.25) is 5.02 Å². The van der Waals surface area contributed by atoms with Gasteiger partial charge < -0.3 is 4.98 Å². The van der Waals surface area contributed by atoms with Crippen LogP contribution in [0.5, 0.6) is 0 Å². The Bertz CT molecular complexity index is 672. The highest BCUT2D eigenvalue weighted by Crippen LogP contribution is 2.28. The topological polar surface area (TPSA) is 74.7 Å². The maximum atomic E-state index is 11.5. The van der Waals surface area contributed by atoms with Crippen molar-refractivity contribution in [3.8, 4) is 0 Å². The molecule has 1 aromatic carbocycles. The summed E-state index contributed by atoms with van der Waals surface area (Å²) in [5.41, 5.74) is 1.08. The van der Waals surface area contributed by atoms with Crippen molar-refractivity contribution < 1.29 is 9.59 Å². The van der Waals surface area contributed by atoms with Crippen molar-refractivity contribution in [2.45, 2.75) is 0 Å². The molecule has 16 heavy (non-hydrogen) atoms. The maximum absolute atomic E-state index is 11.5. The summed E-state index contributed by atoms with van der Waals surface area (Å²) in [5, 5.41) is 7.69. The first-order valence-electron chi connectivity index (χ1n) is 4.48. The Labute approximate surface area is 94.1 Å². The summed E-state index contributed by atoms with van der Waals surface area (Å²) in [6.45, 7) is 0. The number of amides is 2. The minimum Gasteiger partial charge on any atom is -0.350 e. The van der Waals surface area contributed by atoms with Crippen LogP contribution in [-0.4, -0.2) is 16.8 Å². The molecule has 2 heterocycles. The SMILES string of the molecule is O=C1N=NC(=O)c2c1[nH]c1cc(Cl)ccc21. The Hall–Kier alpha value is -2.01. The summed E-state index contributed by atoms with van der Waals surface area (Å²) >= 11 is 5.82. The lowest BCUT2D eigenvalue weighted by atomic mass is 10.1. The third kappa shape index (κ3) is 1.12. The summed E-state index contributed by atoms with van der Waals surface area (Å²) in [4.78, 5) is 25.8. The quantitative estimate of drug-likeness (QED) is 0.759. The van der Waals surface area contributed by atoms with E-state index in [1.165, 1.54) is 0 Å². The maximum Gasteiger partial charge on any atom is 0.312 e. The molecule has 0 saturated heterocycles. The van der Waals surface area contributed by atoms with Gasteiger partial charge in [0, 0.05) is 15.9 Å². The van der Waals surface area contributed by atoms with Crippen molar-refractivity contribution in [1.29, 1.82) is 0 Å². The standard InChI is InChI=1S/C10H4ClN3O2/c11-4-1-2-5-6(3-4)12-8-7(5)9(15)13-14-10(8)16/h1-3,12H. The molecule has 1 N–H and O–H groups in total. The Morgan fingerprint density at radius 2 is 1.88 bits per heavy atom. The van der Waals surface area contributed by atoms with Gasteiger partial charge in [-0.2, -0.15) is 0 Å². The average Bonchev–Trinajstić information content (AvgIpc) is 2.63. The Morgan fingerprint density at radius 3 is 2.69 bits per heavy atom. The van der Waals surface area contributed by atoms with E-state index in [0.29, 0.717) is 15.9 Å². The van der Waals surface area contributed by atoms with Crippen LogP contribution in [0.25, 0.3) is 10.9 Å². The predicted octanol–water partition coefficient (Wildman–Crippen LogP) is 2.57. The van der Waals surface area contributed by atoms with Gasteiger partial charge in [0.15, 0.2) is 0 Å². The first-order chi connectivity index (χ1) is 7.66. The van der Waals surface area contributed by atoms with Gasteiger partial charge in [0.05, 0.1) is 5.56 Å². The van der Waals surface area contributed by atoms with Crippen LogP contribution in [-0.2, 0) is 0 Å². The molecule has 78 valence electrons. The second-order valence-electron chi connectivity index (χ2n) is 3.38. The minimum absolute atomic E-state index is 0.178. The Balaban J connectivity index is 2.44. The van der Waals surface area contributed by atoms with Gasteiger partial charge >= 0.3 is 5.91 Å². The minimum atomic E-state index is -0.540. The average molecular weight is 234 g/mol. The number of benzene rings is 1. The van der Waals surface area contributed by atoms with Crippen LogP contribution in [0.15, 0.2) is 28.4 Å². The molecular formula is C10H4ClN3O2. The summed E-state index contributed by atoms with van der Waals surface area (Å²) in [7, 11) is 0. The zero-order valence-corrected chi connectivity index (χ0v) is 8.58. The molecule has 0 radical (unpaired) electrons. The molecule has 2 aromatic rings. The number of hydrogen-bond acceptors (Lipinski definition) is 2. The van der Waals surface area contributed by atoms with Gasteiger partial charge in [-0.15, -0.1) is 10.2 Å². The molecule has 1 aliphatic rings. The molecule has 0 spiro atoms. The molecular weight excluding hydrogens is 230 g/mol. The highest BCUT2D eigenvalue weighted by Gasteiger charge is 2.26. The van der Waals surface area contributed by atoms with Crippen molar-refractivity contribution in [2.75, 3.05) is 0 Å². The molecule has 0 aliphatic carbocycles. The number of H-pyrrole nitrogens is 1. The number of nitrogens with one attached hydrogen (secondary N) is 1. The van der Waals surface area contributed by atoms with Crippen LogP contribution in [0.1, 0.15) is 20.8 Å². The lowest BCUT2D eigenvalue weighted by Gasteiger charge is -1.99. The van der Waals surface area contributed by atoms with Crippen LogP contribution < -0.4 is 0 Å². The molecule has 0 bridgehead atoms. The second kappa shape index (κ2) is 2.99. The number of aromatic amines is 1. The third-order valence-corrected chi connectivity index (χ3v) is 2.66. The van der Waals surface area contributed by atoms with Crippen molar-refractivity contribution in [1.82, 2.24) is 4.98 Å². The van der Waals surface area contributed by atoms with E-state index in [1.807, 2.05) is 0 Å². The fourth-order valence-electron chi connectivity index (χ4n) is 1.74. The van der Waals surface area contributed by atoms with E-state index in [9.17, 15) is 9.59 Å². The lowest BCUT2D eigenvalue weighted by Crippen LogP contribution is -2.09. The monoisotopic (exact) mass is 233 g/mol. The number of carbonyl (C=O) groups is 2. The van der Waals surface area contributed by atoms with E-state index in [1.54, 1.807) is 18.2 Å². The van der Waals surface area contributed by atoms with Crippen molar-refractivity contribution >= 4 is 34.3 Å². The zero-order valence-electron chi connectivity index (χ0n) is 7.82.